The molecular formula is C19H30N4O3. The van der Waals surface area contributed by atoms with Crippen molar-refractivity contribution < 1.29 is 14.3 Å². The first-order valence-corrected chi connectivity index (χ1v) is 10.1. The first-order valence-electron chi connectivity index (χ1n) is 10.1. The molecule has 144 valence electrons. The Morgan fingerprint density at radius 2 is 2.00 bits per heavy atom. The fourth-order valence-corrected chi connectivity index (χ4v) is 4.44. The standard InChI is InChI=1S/C19H30N4O3/c1-12(2)19(24)20-15-10-25-18-16(11-26-17(15)18)23-9-14(21-22-23)8-13-6-4-3-5-7-13/h9,12-13,15-18H,3-8,10-11H2,1-2H3,(H,20,24). The summed E-state index contributed by atoms with van der Waals surface area (Å²) in [5.41, 5.74) is 1.07. The van der Waals surface area contributed by atoms with Crippen molar-refractivity contribution in [3.05, 3.63) is 11.9 Å². The molecule has 1 aliphatic carbocycles. The molecule has 0 bridgehead atoms. The Morgan fingerprint density at radius 3 is 2.77 bits per heavy atom. The van der Waals surface area contributed by atoms with E-state index < -0.39 is 0 Å². The lowest BCUT2D eigenvalue weighted by Crippen LogP contribution is -2.45. The zero-order chi connectivity index (χ0) is 18.1. The largest absolute Gasteiger partial charge is 0.371 e. The summed E-state index contributed by atoms with van der Waals surface area (Å²) in [5, 5.41) is 11.8. The van der Waals surface area contributed by atoms with E-state index >= 15 is 0 Å². The van der Waals surface area contributed by atoms with Gasteiger partial charge < -0.3 is 14.8 Å². The molecule has 2 aliphatic heterocycles. The van der Waals surface area contributed by atoms with Crippen LogP contribution in [0.5, 0.6) is 0 Å². The number of rotatable bonds is 5. The SMILES string of the molecule is CC(C)C(=O)NC1COC2C1OCC2n1cc(CC2CCCCC2)nn1. The number of amides is 1. The van der Waals surface area contributed by atoms with Gasteiger partial charge in [0.1, 0.15) is 18.2 Å². The zero-order valence-electron chi connectivity index (χ0n) is 15.8. The molecule has 4 rings (SSSR count). The van der Waals surface area contributed by atoms with Gasteiger partial charge in [-0.1, -0.05) is 51.2 Å². The number of fused-ring (bicyclic) bond motifs is 1. The van der Waals surface area contributed by atoms with E-state index in [0.717, 1.165) is 18.0 Å². The molecule has 1 aromatic heterocycles. The first-order chi connectivity index (χ1) is 12.6. The number of hydrogen-bond donors (Lipinski definition) is 1. The Balaban J connectivity index is 1.37. The molecule has 1 N–H and O–H groups in total. The number of ether oxygens (including phenoxy) is 2. The maximum atomic E-state index is 12.0. The monoisotopic (exact) mass is 362 g/mol. The third kappa shape index (κ3) is 3.64. The molecule has 2 saturated heterocycles. The minimum absolute atomic E-state index is 0.0357. The summed E-state index contributed by atoms with van der Waals surface area (Å²) in [7, 11) is 0. The Hall–Kier alpha value is -1.47. The number of nitrogens with zero attached hydrogens (tertiary/aromatic N) is 3. The molecule has 3 heterocycles. The number of hydrogen-bond acceptors (Lipinski definition) is 5. The normalized spacial score (nSPS) is 32.1. The lowest BCUT2D eigenvalue weighted by Gasteiger charge is -2.20. The molecule has 7 heteroatoms. The van der Waals surface area contributed by atoms with E-state index in [1.54, 1.807) is 0 Å². The van der Waals surface area contributed by atoms with Gasteiger partial charge in [-0.05, 0) is 12.3 Å². The van der Waals surface area contributed by atoms with Crippen molar-refractivity contribution >= 4 is 5.91 Å². The first kappa shape index (κ1) is 17.9. The van der Waals surface area contributed by atoms with Crippen LogP contribution in [-0.2, 0) is 20.7 Å². The number of carbonyl (C=O) groups excluding carboxylic acids is 1. The Kier molecular flexibility index (Phi) is 5.27. The Labute approximate surface area is 154 Å². The van der Waals surface area contributed by atoms with Crippen molar-refractivity contribution in [3.63, 3.8) is 0 Å². The van der Waals surface area contributed by atoms with Crippen LogP contribution in [-0.4, -0.2) is 52.4 Å². The van der Waals surface area contributed by atoms with Crippen molar-refractivity contribution in [1.29, 1.82) is 0 Å². The molecule has 1 saturated carbocycles. The van der Waals surface area contributed by atoms with E-state index in [4.69, 9.17) is 9.47 Å². The van der Waals surface area contributed by atoms with Crippen LogP contribution in [0.2, 0.25) is 0 Å². The summed E-state index contributed by atoms with van der Waals surface area (Å²) in [5.74, 6) is 0.755. The molecule has 7 nitrogen and oxygen atoms in total. The van der Waals surface area contributed by atoms with Gasteiger partial charge in [0.2, 0.25) is 5.91 Å². The van der Waals surface area contributed by atoms with Crippen molar-refractivity contribution in [2.75, 3.05) is 13.2 Å². The van der Waals surface area contributed by atoms with E-state index in [-0.39, 0.29) is 36.1 Å². The molecule has 1 aromatic rings. The van der Waals surface area contributed by atoms with E-state index in [1.165, 1.54) is 32.1 Å². The molecule has 3 aliphatic rings. The van der Waals surface area contributed by atoms with Crippen LogP contribution in [0.25, 0.3) is 0 Å². The van der Waals surface area contributed by atoms with Crippen LogP contribution in [0.4, 0.5) is 0 Å². The van der Waals surface area contributed by atoms with Crippen molar-refractivity contribution in [1.82, 2.24) is 20.3 Å². The molecule has 0 spiro atoms. The van der Waals surface area contributed by atoms with Crippen LogP contribution in [0.3, 0.4) is 0 Å². The van der Waals surface area contributed by atoms with Gasteiger partial charge in [-0.3, -0.25) is 4.79 Å². The van der Waals surface area contributed by atoms with E-state index in [9.17, 15) is 4.79 Å². The lowest BCUT2D eigenvalue weighted by atomic mass is 9.86. The lowest BCUT2D eigenvalue weighted by molar-refractivity contribution is -0.125. The minimum Gasteiger partial charge on any atom is -0.371 e. The topological polar surface area (TPSA) is 78.3 Å². The summed E-state index contributed by atoms with van der Waals surface area (Å²) in [6.07, 6.45) is 9.59. The summed E-state index contributed by atoms with van der Waals surface area (Å²) in [4.78, 5) is 12.0. The molecule has 26 heavy (non-hydrogen) atoms. The summed E-state index contributed by atoms with van der Waals surface area (Å²) >= 11 is 0. The molecule has 1 amide bonds. The van der Waals surface area contributed by atoms with Gasteiger partial charge in [-0.25, -0.2) is 4.68 Å². The van der Waals surface area contributed by atoms with Gasteiger partial charge in [-0.2, -0.15) is 0 Å². The molecular weight excluding hydrogens is 332 g/mol. The van der Waals surface area contributed by atoms with Gasteiger partial charge in [0, 0.05) is 12.1 Å². The van der Waals surface area contributed by atoms with Crippen molar-refractivity contribution in [3.8, 4) is 0 Å². The molecule has 0 aromatic carbocycles. The van der Waals surface area contributed by atoms with Gasteiger partial charge >= 0.3 is 0 Å². The summed E-state index contributed by atoms with van der Waals surface area (Å²) in [6.45, 7) is 4.83. The van der Waals surface area contributed by atoms with Crippen LogP contribution in [0, 0.1) is 11.8 Å². The number of aromatic nitrogens is 3. The van der Waals surface area contributed by atoms with Crippen molar-refractivity contribution in [2.24, 2.45) is 11.8 Å². The third-order valence-corrected chi connectivity index (χ3v) is 6.00. The van der Waals surface area contributed by atoms with Crippen LogP contribution in [0.15, 0.2) is 6.20 Å². The van der Waals surface area contributed by atoms with Gasteiger partial charge in [0.05, 0.1) is 24.9 Å². The predicted molar refractivity (Wildman–Crippen MR) is 95.6 cm³/mol. The van der Waals surface area contributed by atoms with Gasteiger partial charge in [0.15, 0.2) is 0 Å². The second kappa shape index (κ2) is 7.64. The second-order valence-electron chi connectivity index (χ2n) is 8.33. The summed E-state index contributed by atoms with van der Waals surface area (Å²) in [6, 6.07) is -0.0429. The predicted octanol–water partition coefficient (Wildman–Crippen LogP) is 1.88. The molecule has 0 radical (unpaired) electrons. The van der Waals surface area contributed by atoms with Crippen LogP contribution in [0.1, 0.15) is 57.7 Å². The second-order valence-corrected chi connectivity index (χ2v) is 8.33. The highest BCUT2D eigenvalue weighted by atomic mass is 16.6. The highest BCUT2D eigenvalue weighted by Crippen LogP contribution is 2.34. The van der Waals surface area contributed by atoms with Crippen LogP contribution >= 0.6 is 0 Å². The highest BCUT2D eigenvalue weighted by molar-refractivity contribution is 5.78. The smallest absolute Gasteiger partial charge is 0.222 e. The number of nitrogens with one attached hydrogen (secondary N) is 1. The minimum atomic E-state index is -0.103. The van der Waals surface area contributed by atoms with Crippen LogP contribution < -0.4 is 5.32 Å². The third-order valence-electron chi connectivity index (χ3n) is 6.00. The number of carbonyl (C=O) groups is 1. The molecule has 4 atom stereocenters. The van der Waals surface area contributed by atoms with E-state index in [2.05, 4.69) is 21.8 Å². The Bertz CT molecular complexity index is 626. The molecule has 3 fully saturated rings. The zero-order valence-corrected chi connectivity index (χ0v) is 15.8. The summed E-state index contributed by atoms with van der Waals surface area (Å²) < 4.78 is 13.8. The average Bonchev–Trinajstić information content (AvgIpc) is 3.33. The fraction of sp³-hybridized carbons (Fsp3) is 0.842. The maximum absolute atomic E-state index is 12.0. The maximum Gasteiger partial charge on any atom is 0.222 e. The van der Waals surface area contributed by atoms with Gasteiger partial charge in [0.25, 0.3) is 0 Å². The van der Waals surface area contributed by atoms with E-state index in [0.29, 0.717) is 13.2 Å². The van der Waals surface area contributed by atoms with E-state index in [1.807, 2.05) is 18.5 Å². The van der Waals surface area contributed by atoms with Crippen molar-refractivity contribution in [2.45, 2.75) is 76.7 Å². The quantitative estimate of drug-likeness (QED) is 0.865. The Morgan fingerprint density at radius 1 is 1.23 bits per heavy atom. The van der Waals surface area contributed by atoms with Gasteiger partial charge in [-0.15, -0.1) is 5.10 Å². The average molecular weight is 362 g/mol. The fourth-order valence-electron chi connectivity index (χ4n) is 4.44. The highest BCUT2D eigenvalue weighted by Gasteiger charge is 2.49. The molecule has 4 unspecified atom stereocenters.